The van der Waals surface area contributed by atoms with Gasteiger partial charge in [-0.05, 0) is 25.1 Å². The van der Waals surface area contributed by atoms with Gasteiger partial charge in [0.05, 0.1) is 11.0 Å². The SMILES string of the molecule is CCn1c(NC)nc2cc(N)ccc21. The van der Waals surface area contributed by atoms with E-state index in [0.29, 0.717) is 0 Å². The topological polar surface area (TPSA) is 55.9 Å². The second-order valence-corrected chi connectivity index (χ2v) is 3.18. The molecule has 3 N–H and O–H groups in total. The van der Waals surface area contributed by atoms with Crippen LogP contribution in [0.2, 0.25) is 0 Å². The van der Waals surface area contributed by atoms with Crippen LogP contribution in [0.1, 0.15) is 6.92 Å². The monoisotopic (exact) mass is 190 g/mol. The molecule has 2 aromatic rings. The molecule has 1 aromatic heterocycles. The molecule has 0 unspecified atom stereocenters. The second-order valence-electron chi connectivity index (χ2n) is 3.18. The predicted octanol–water partition coefficient (Wildman–Crippen LogP) is 1.68. The number of nitrogen functional groups attached to an aromatic ring is 1. The van der Waals surface area contributed by atoms with E-state index in [1.54, 1.807) is 0 Å². The minimum absolute atomic E-state index is 0.751. The molecule has 0 bridgehead atoms. The fraction of sp³-hybridized carbons (Fsp3) is 0.300. The first kappa shape index (κ1) is 8.87. The molecule has 1 heterocycles. The molecule has 0 radical (unpaired) electrons. The zero-order valence-electron chi connectivity index (χ0n) is 8.41. The summed E-state index contributed by atoms with van der Waals surface area (Å²) in [5.74, 6) is 0.883. The van der Waals surface area contributed by atoms with E-state index in [4.69, 9.17) is 5.73 Å². The summed E-state index contributed by atoms with van der Waals surface area (Å²) in [7, 11) is 1.87. The first-order valence-electron chi connectivity index (χ1n) is 4.69. The van der Waals surface area contributed by atoms with Crippen LogP contribution in [0.3, 0.4) is 0 Å². The highest BCUT2D eigenvalue weighted by atomic mass is 15.2. The van der Waals surface area contributed by atoms with Crippen LogP contribution in [0.5, 0.6) is 0 Å². The average Bonchev–Trinajstić information content (AvgIpc) is 2.54. The Hall–Kier alpha value is -1.71. The molecular weight excluding hydrogens is 176 g/mol. The number of nitrogens with two attached hydrogens (primary N) is 1. The molecule has 14 heavy (non-hydrogen) atoms. The van der Waals surface area contributed by atoms with Crippen LogP contribution in [0, 0.1) is 0 Å². The molecule has 0 saturated heterocycles. The van der Waals surface area contributed by atoms with Gasteiger partial charge < -0.3 is 15.6 Å². The van der Waals surface area contributed by atoms with E-state index in [1.165, 1.54) is 0 Å². The van der Waals surface area contributed by atoms with Gasteiger partial charge >= 0.3 is 0 Å². The van der Waals surface area contributed by atoms with Crippen molar-refractivity contribution in [1.29, 1.82) is 0 Å². The summed E-state index contributed by atoms with van der Waals surface area (Å²) in [5.41, 5.74) is 8.50. The van der Waals surface area contributed by atoms with Crippen molar-refractivity contribution < 1.29 is 0 Å². The van der Waals surface area contributed by atoms with Gasteiger partial charge in [0.2, 0.25) is 5.95 Å². The van der Waals surface area contributed by atoms with Gasteiger partial charge in [-0.15, -0.1) is 0 Å². The fourth-order valence-corrected chi connectivity index (χ4v) is 1.66. The maximum Gasteiger partial charge on any atom is 0.203 e. The van der Waals surface area contributed by atoms with Crippen molar-refractivity contribution in [3.8, 4) is 0 Å². The van der Waals surface area contributed by atoms with Gasteiger partial charge in [-0.3, -0.25) is 0 Å². The van der Waals surface area contributed by atoms with Crippen LogP contribution in [0.15, 0.2) is 18.2 Å². The van der Waals surface area contributed by atoms with Crippen molar-refractivity contribution >= 4 is 22.7 Å². The highest BCUT2D eigenvalue weighted by Crippen LogP contribution is 2.21. The molecule has 4 nitrogen and oxygen atoms in total. The minimum Gasteiger partial charge on any atom is -0.399 e. The highest BCUT2D eigenvalue weighted by molar-refractivity contribution is 5.81. The quantitative estimate of drug-likeness (QED) is 0.708. The fourth-order valence-electron chi connectivity index (χ4n) is 1.66. The maximum absolute atomic E-state index is 5.70. The van der Waals surface area contributed by atoms with E-state index in [-0.39, 0.29) is 0 Å². The third-order valence-electron chi connectivity index (χ3n) is 2.31. The Kier molecular flexibility index (Phi) is 2.04. The Morgan fingerprint density at radius 1 is 1.50 bits per heavy atom. The minimum atomic E-state index is 0.751. The van der Waals surface area contributed by atoms with Crippen molar-refractivity contribution in [3.05, 3.63) is 18.2 Å². The molecule has 0 amide bonds. The molecule has 0 fully saturated rings. The highest BCUT2D eigenvalue weighted by Gasteiger charge is 2.07. The van der Waals surface area contributed by atoms with E-state index in [1.807, 2.05) is 25.2 Å². The lowest BCUT2D eigenvalue weighted by molar-refractivity contribution is 0.795. The largest absolute Gasteiger partial charge is 0.399 e. The number of aryl methyl sites for hydroxylation is 1. The van der Waals surface area contributed by atoms with Crippen LogP contribution >= 0.6 is 0 Å². The van der Waals surface area contributed by atoms with Gasteiger partial charge in [0.1, 0.15) is 0 Å². The Balaban J connectivity index is 2.73. The van der Waals surface area contributed by atoms with Crippen LogP contribution in [-0.2, 0) is 6.54 Å². The third-order valence-corrected chi connectivity index (χ3v) is 2.31. The Morgan fingerprint density at radius 3 is 2.93 bits per heavy atom. The number of aromatic nitrogens is 2. The third kappa shape index (κ3) is 1.19. The number of hydrogen-bond acceptors (Lipinski definition) is 3. The van der Waals surface area contributed by atoms with Crippen LogP contribution in [0.4, 0.5) is 11.6 Å². The van der Waals surface area contributed by atoms with Gasteiger partial charge in [-0.1, -0.05) is 0 Å². The summed E-state index contributed by atoms with van der Waals surface area (Å²) in [6, 6.07) is 5.79. The summed E-state index contributed by atoms with van der Waals surface area (Å²) in [5, 5.41) is 3.07. The van der Waals surface area contributed by atoms with Gasteiger partial charge in [0.15, 0.2) is 0 Å². The van der Waals surface area contributed by atoms with Crippen LogP contribution in [-0.4, -0.2) is 16.6 Å². The van der Waals surface area contributed by atoms with Crippen molar-refractivity contribution in [2.24, 2.45) is 0 Å². The number of fused-ring (bicyclic) bond motifs is 1. The number of anilines is 2. The van der Waals surface area contributed by atoms with Gasteiger partial charge in [0, 0.05) is 19.3 Å². The Morgan fingerprint density at radius 2 is 2.29 bits per heavy atom. The molecule has 0 atom stereocenters. The maximum atomic E-state index is 5.70. The van der Waals surface area contributed by atoms with E-state index in [9.17, 15) is 0 Å². The molecule has 2 rings (SSSR count). The van der Waals surface area contributed by atoms with Gasteiger partial charge in [0.25, 0.3) is 0 Å². The Bertz CT molecular complexity index is 458. The first-order chi connectivity index (χ1) is 6.76. The molecule has 0 spiro atoms. The first-order valence-corrected chi connectivity index (χ1v) is 4.69. The second kappa shape index (κ2) is 3.21. The standard InChI is InChI=1S/C10H14N4/c1-3-14-9-5-4-7(11)6-8(9)13-10(14)12-2/h4-6H,3,11H2,1-2H3,(H,12,13). The van der Waals surface area contributed by atoms with Crippen LogP contribution < -0.4 is 11.1 Å². The van der Waals surface area contributed by atoms with Crippen molar-refractivity contribution in [2.45, 2.75) is 13.5 Å². The summed E-state index contributed by atoms with van der Waals surface area (Å²) >= 11 is 0. The normalized spacial score (nSPS) is 10.7. The van der Waals surface area contributed by atoms with Gasteiger partial charge in [-0.2, -0.15) is 0 Å². The van der Waals surface area contributed by atoms with E-state index < -0.39 is 0 Å². The molecule has 74 valence electrons. The van der Waals surface area contributed by atoms with E-state index in [0.717, 1.165) is 29.2 Å². The number of rotatable bonds is 2. The zero-order valence-corrected chi connectivity index (χ0v) is 8.41. The molecular formula is C10H14N4. The zero-order chi connectivity index (χ0) is 10.1. The lowest BCUT2D eigenvalue weighted by atomic mass is 10.3. The lowest BCUT2D eigenvalue weighted by Gasteiger charge is -2.03. The molecule has 0 aliphatic heterocycles. The Labute approximate surface area is 82.7 Å². The summed E-state index contributed by atoms with van der Waals surface area (Å²) in [6.07, 6.45) is 0. The number of nitrogens with zero attached hydrogens (tertiary/aromatic N) is 2. The van der Waals surface area contributed by atoms with Crippen molar-refractivity contribution in [3.63, 3.8) is 0 Å². The molecule has 1 aromatic carbocycles. The van der Waals surface area contributed by atoms with E-state index >= 15 is 0 Å². The van der Waals surface area contributed by atoms with Crippen molar-refractivity contribution in [2.75, 3.05) is 18.1 Å². The number of hydrogen-bond donors (Lipinski definition) is 2. The van der Waals surface area contributed by atoms with Crippen LogP contribution in [0.25, 0.3) is 11.0 Å². The molecule has 0 aliphatic rings. The summed E-state index contributed by atoms with van der Waals surface area (Å²) in [4.78, 5) is 4.43. The summed E-state index contributed by atoms with van der Waals surface area (Å²) in [6.45, 7) is 2.99. The molecule has 0 aliphatic carbocycles. The summed E-state index contributed by atoms with van der Waals surface area (Å²) < 4.78 is 2.12. The number of benzene rings is 1. The predicted molar refractivity (Wildman–Crippen MR) is 59.4 cm³/mol. The average molecular weight is 190 g/mol. The smallest absolute Gasteiger partial charge is 0.203 e. The number of imidazole rings is 1. The lowest BCUT2D eigenvalue weighted by Crippen LogP contribution is -2.01. The molecule has 0 saturated carbocycles. The van der Waals surface area contributed by atoms with E-state index in [2.05, 4.69) is 21.8 Å². The van der Waals surface area contributed by atoms with Crippen molar-refractivity contribution in [1.82, 2.24) is 9.55 Å². The molecule has 4 heteroatoms. The number of nitrogens with one attached hydrogen (secondary N) is 1. The van der Waals surface area contributed by atoms with Gasteiger partial charge in [-0.25, -0.2) is 4.98 Å².